The summed E-state index contributed by atoms with van der Waals surface area (Å²) in [5, 5.41) is 11.0. The van der Waals surface area contributed by atoms with Crippen LogP contribution in [0.4, 0.5) is 6.01 Å². The van der Waals surface area contributed by atoms with Crippen LogP contribution < -0.4 is 10.1 Å². The van der Waals surface area contributed by atoms with Gasteiger partial charge in [-0.1, -0.05) is 22.8 Å². The van der Waals surface area contributed by atoms with Gasteiger partial charge in [-0.15, -0.1) is 16.9 Å². The molecule has 0 unspecified atom stereocenters. The standard InChI is InChI=1S/C19H18ClN3O3S/c1-25-15-7-9-16(10-8-15)27-11-3-6-17(24)21-19-23-22-18(26-19)13-4-2-5-14(20)12-13/h2,4-5,7-10,12H,3,6,11H2,1H3,(H,21,23,24). The molecule has 140 valence electrons. The van der Waals surface area contributed by atoms with Gasteiger partial charge in [0.05, 0.1) is 7.11 Å². The average molecular weight is 404 g/mol. The Kier molecular flexibility index (Phi) is 6.73. The number of thioether (sulfide) groups is 1. The highest BCUT2D eigenvalue weighted by molar-refractivity contribution is 7.99. The van der Waals surface area contributed by atoms with Crippen LogP contribution in [0.2, 0.25) is 5.02 Å². The molecular weight excluding hydrogens is 386 g/mol. The van der Waals surface area contributed by atoms with Crippen LogP contribution in [-0.4, -0.2) is 29.0 Å². The van der Waals surface area contributed by atoms with Gasteiger partial charge in [0.25, 0.3) is 0 Å². The van der Waals surface area contributed by atoms with E-state index in [1.54, 1.807) is 43.1 Å². The van der Waals surface area contributed by atoms with E-state index in [0.29, 0.717) is 22.9 Å². The lowest BCUT2D eigenvalue weighted by atomic mass is 10.2. The molecule has 0 spiro atoms. The SMILES string of the molecule is COc1ccc(SCCCC(=O)Nc2nnc(-c3cccc(Cl)c3)o2)cc1. The van der Waals surface area contributed by atoms with Crippen LogP contribution in [0.3, 0.4) is 0 Å². The minimum absolute atomic E-state index is 0.0813. The summed E-state index contributed by atoms with van der Waals surface area (Å²) in [6.07, 6.45) is 1.11. The van der Waals surface area contributed by atoms with Crippen LogP contribution in [0, 0.1) is 0 Å². The number of rotatable bonds is 8. The van der Waals surface area contributed by atoms with Crippen molar-refractivity contribution in [3.05, 3.63) is 53.6 Å². The van der Waals surface area contributed by atoms with Crippen molar-refractivity contribution >= 4 is 35.3 Å². The van der Waals surface area contributed by atoms with E-state index >= 15 is 0 Å². The molecule has 1 aromatic heterocycles. The number of anilines is 1. The van der Waals surface area contributed by atoms with Gasteiger partial charge in [-0.3, -0.25) is 10.1 Å². The first-order valence-electron chi connectivity index (χ1n) is 8.30. The highest BCUT2D eigenvalue weighted by Crippen LogP contribution is 2.24. The van der Waals surface area contributed by atoms with Gasteiger partial charge in [0.15, 0.2) is 0 Å². The van der Waals surface area contributed by atoms with Gasteiger partial charge in [-0.2, -0.15) is 0 Å². The van der Waals surface area contributed by atoms with E-state index in [1.165, 1.54) is 0 Å². The van der Waals surface area contributed by atoms with Crippen molar-refractivity contribution < 1.29 is 13.9 Å². The van der Waals surface area contributed by atoms with E-state index in [-0.39, 0.29) is 11.9 Å². The second-order valence-corrected chi connectivity index (χ2v) is 7.20. The van der Waals surface area contributed by atoms with E-state index in [4.69, 9.17) is 20.8 Å². The Bertz CT molecular complexity index is 899. The number of hydrogen-bond donors (Lipinski definition) is 1. The van der Waals surface area contributed by atoms with Gasteiger partial charge in [0.2, 0.25) is 11.8 Å². The van der Waals surface area contributed by atoms with Gasteiger partial charge in [0.1, 0.15) is 5.75 Å². The Morgan fingerprint density at radius 3 is 2.78 bits per heavy atom. The summed E-state index contributed by atoms with van der Waals surface area (Å²) >= 11 is 7.64. The lowest BCUT2D eigenvalue weighted by molar-refractivity contribution is -0.116. The molecule has 0 atom stereocenters. The molecule has 8 heteroatoms. The normalized spacial score (nSPS) is 10.6. The molecule has 1 N–H and O–H groups in total. The van der Waals surface area contributed by atoms with Crippen molar-refractivity contribution in [1.29, 1.82) is 0 Å². The summed E-state index contributed by atoms with van der Waals surface area (Å²) in [5.41, 5.74) is 0.700. The van der Waals surface area contributed by atoms with Crippen molar-refractivity contribution in [3.63, 3.8) is 0 Å². The van der Waals surface area contributed by atoms with E-state index in [2.05, 4.69) is 15.5 Å². The zero-order chi connectivity index (χ0) is 19.1. The monoisotopic (exact) mass is 403 g/mol. The number of methoxy groups -OCH3 is 1. The molecule has 0 saturated heterocycles. The zero-order valence-corrected chi connectivity index (χ0v) is 16.2. The first kappa shape index (κ1) is 19.3. The number of amides is 1. The fourth-order valence-electron chi connectivity index (χ4n) is 2.29. The molecule has 2 aromatic carbocycles. The Morgan fingerprint density at radius 1 is 1.22 bits per heavy atom. The third-order valence-electron chi connectivity index (χ3n) is 3.62. The molecule has 0 radical (unpaired) electrons. The zero-order valence-electron chi connectivity index (χ0n) is 14.6. The summed E-state index contributed by atoms with van der Waals surface area (Å²) in [4.78, 5) is 13.2. The molecule has 0 aliphatic heterocycles. The Hall–Kier alpha value is -2.51. The highest BCUT2D eigenvalue weighted by Gasteiger charge is 2.11. The van der Waals surface area contributed by atoms with Crippen molar-refractivity contribution in [2.24, 2.45) is 0 Å². The number of benzene rings is 2. The summed E-state index contributed by atoms with van der Waals surface area (Å²) in [5.74, 6) is 1.81. The lowest BCUT2D eigenvalue weighted by Gasteiger charge is -2.03. The predicted octanol–water partition coefficient (Wildman–Crippen LogP) is 4.91. The molecule has 1 amide bonds. The summed E-state index contributed by atoms with van der Waals surface area (Å²) < 4.78 is 10.6. The Labute approximate surface area is 166 Å². The topological polar surface area (TPSA) is 77.2 Å². The largest absolute Gasteiger partial charge is 0.497 e. The van der Waals surface area contributed by atoms with Crippen molar-refractivity contribution in [2.45, 2.75) is 17.7 Å². The average Bonchev–Trinajstić information content (AvgIpc) is 3.14. The van der Waals surface area contributed by atoms with Gasteiger partial charge >= 0.3 is 6.01 Å². The van der Waals surface area contributed by atoms with Crippen molar-refractivity contribution in [3.8, 4) is 17.2 Å². The summed E-state index contributed by atoms with van der Waals surface area (Å²) in [6.45, 7) is 0. The molecule has 0 aliphatic carbocycles. The van der Waals surface area contributed by atoms with Crippen LogP contribution in [-0.2, 0) is 4.79 Å². The van der Waals surface area contributed by atoms with E-state index in [0.717, 1.165) is 22.8 Å². The van der Waals surface area contributed by atoms with Gasteiger partial charge in [-0.25, -0.2) is 0 Å². The minimum Gasteiger partial charge on any atom is -0.497 e. The molecule has 0 aliphatic rings. The Balaban J connectivity index is 1.43. The van der Waals surface area contributed by atoms with Crippen LogP contribution in [0.15, 0.2) is 57.8 Å². The van der Waals surface area contributed by atoms with E-state index in [9.17, 15) is 4.79 Å². The molecule has 1 heterocycles. The number of hydrogen-bond acceptors (Lipinski definition) is 6. The number of nitrogens with zero attached hydrogens (tertiary/aromatic N) is 2. The lowest BCUT2D eigenvalue weighted by Crippen LogP contribution is -2.11. The third-order valence-corrected chi connectivity index (χ3v) is 4.95. The quantitative estimate of drug-likeness (QED) is 0.425. The minimum atomic E-state index is -0.161. The molecule has 27 heavy (non-hydrogen) atoms. The maximum Gasteiger partial charge on any atom is 0.322 e. The number of aromatic nitrogens is 2. The van der Waals surface area contributed by atoms with E-state index in [1.807, 2.05) is 24.3 Å². The van der Waals surface area contributed by atoms with E-state index < -0.39 is 0 Å². The molecule has 6 nitrogen and oxygen atoms in total. The molecule has 0 bridgehead atoms. The number of carbonyl (C=O) groups excluding carboxylic acids is 1. The number of halogens is 1. The third kappa shape index (κ3) is 5.74. The first-order chi connectivity index (χ1) is 13.1. The molecule has 0 fully saturated rings. The number of carbonyl (C=O) groups is 1. The molecule has 3 rings (SSSR count). The van der Waals surface area contributed by atoms with Crippen molar-refractivity contribution in [2.75, 3.05) is 18.2 Å². The predicted molar refractivity (Wildman–Crippen MR) is 106 cm³/mol. The second kappa shape index (κ2) is 9.43. The summed E-state index contributed by atoms with van der Waals surface area (Å²) in [6, 6.07) is 15.0. The summed E-state index contributed by atoms with van der Waals surface area (Å²) in [7, 11) is 1.64. The fraction of sp³-hybridized carbons (Fsp3) is 0.211. The maximum absolute atomic E-state index is 12.0. The van der Waals surface area contributed by atoms with Crippen LogP contribution in [0.1, 0.15) is 12.8 Å². The molecule has 3 aromatic rings. The van der Waals surface area contributed by atoms with Gasteiger partial charge < -0.3 is 9.15 Å². The smallest absolute Gasteiger partial charge is 0.322 e. The maximum atomic E-state index is 12.0. The van der Waals surface area contributed by atoms with Gasteiger partial charge in [-0.05, 0) is 54.6 Å². The van der Waals surface area contributed by atoms with Crippen molar-refractivity contribution in [1.82, 2.24) is 10.2 Å². The van der Waals surface area contributed by atoms with Crippen LogP contribution in [0.5, 0.6) is 5.75 Å². The van der Waals surface area contributed by atoms with Crippen LogP contribution in [0.25, 0.3) is 11.5 Å². The van der Waals surface area contributed by atoms with Gasteiger partial charge in [0, 0.05) is 21.9 Å². The first-order valence-corrected chi connectivity index (χ1v) is 9.66. The Morgan fingerprint density at radius 2 is 2.04 bits per heavy atom. The molecule has 0 saturated carbocycles. The number of ether oxygens (including phenoxy) is 1. The highest BCUT2D eigenvalue weighted by atomic mass is 35.5. The van der Waals surface area contributed by atoms with Crippen LogP contribution >= 0.6 is 23.4 Å². The fourth-order valence-corrected chi connectivity index (χ4v) is 3.33. The second-order valence-electron chi connectivity index (χ2n) is 5.60. The number of nitrogens with one attached hydrogen (secondary N) is 1. The molecular formula is C19H18ClN3O3S.